The Hall–Kier alpha value is -2.49. The van der Waals surface area contributed by atoms with E-state index in [1.54, 1.807) is 14.2 Å². The molecule has 0 aliphatic heterocycles. The van der Waals surface area contributed by atoms with Gasteiger partial charge in [-0.05, 0) is 40.8 Å². The second kappa shape index (κ2) is 7.18. The SMILES string of the molecule is COc1ccc([C@@](CC(=O)O)(c2cccc(OC)c2)C(C)(C)C)cc1. The highest BCUT2D eigenvalue weighted by Gasteiger charge is 2.46. The fourth-order valence-corrected chi connectivity index (χ4v) is 3.49. The van der Waals surface area contributed by atoms with Gasteiger partial charge in [0.05, 0.1) is 20.6 Å². The summed E-state index contributed by atoms with van der Waals surface area (Å²) in [5.41, 5.74) is 0.815. The molecule has 2 aromatic rings. The molecule has 1 N–H and O–H groups in total. The van der Waals surface area contributed by atoms with Gasteiger partial charge in [-0.1, -0.05) is 45.0 Å². The fourth-order valence-electron chi connectivity index (χ4n) is 3.49. The first-order valence-electron chi connectivity index (χ1n) is 8.25. The summed E-state index contributed by atoms with van der Waals surface area (Å²) in [5.74, 6) is 0.617. The lowest BCUT2D eigenvalue weighted by atomic mass is 9.57. The average Bonchev–Trinajstić information content (AvgIpc) is 2.58. The zero-order valence-corrected chi connectivity index (χ0v) is 15.5. The van der Waals surface area contributed by atoms with E-state index >= 15 is 0 Å². The van der Waals surface area contributed by atoms with Crippen LogP contribution in [0.25, 0.3) is 0 Å². The highest BCUT2D eigenvalue weighted by molar-refractivity contribution is 5.71. The van der Waals surface area contributed by atoms with Crippen molar-refractivity contribution in [3.8, 4) is 11.5 Å². The van der Waals surface area contributed by atoms with E-state index in [0.717, 1.165) is 16.9 Å². The van der Waals surface area contributed by atoms with Crippen LogP contribution in [0.1, 0.15) is 38.3 Å². The van der Waals surface area contributed by atoms with Crippen molar-refractivity contribution in [1.29, 1.82) is 0 Å². The second-order valence-corrected chi connectivity index (χ2v) is 7.19. The molecule has 0 aliphatic rings. The molecule has 0 heterocycles. The van der Waals surface area contributed by atoms with Crippen molar-refractivity contribution in [3.05, 3.63) is 59.7 Å². The Morgan fingerprint density at radius 3 is 2.00 bits per heavy atom. The molecule has 1 atom stereocenters. The van der Waals surface area contributed by atoms with Crippen molar-refractivity contribution in [2.75, 3.05) is 14.2 Å². The minimum Gasteiger partial charge on any atom is -0.497 e. The molecule has 2 aromatic carbocycles. The predicted octanol–water partition coefficient (Wildman–Crippen LogP) is 4.51. The normalized spacial score (nSPS) is 13.8. The van der Waals surface area contributed by atoms with E-state index in [4.69, 9.17) is 9.47 Å². The molecule has 0 saturated heterocycles. The first-order valence-corrected chi connectivity index (χ1v) is 8.25. The van der Waals surface area contributed by atoms with Crippen LogP contribution in [0.4, 0.5) is 0 Å². The molecule has 2 rings (SSSR count). The van der Waals surface area contributed by atoms with Crippen molar-refractivity contribution in [2.24, 2.45) is 5.41 Å². The zero-order chi connectivity index (χ0) is 18.7. The highest BCUT2D eigenvalue weighted by atomic mass is 16.5. The van der Waals surface area contributed by atoms with Crippen LogP contribution in [0.15, 0.2) is 48.5 Å². The largest absolute Gasteiger partial charge is 0.497 e. The first-order chi connectivity index (χ1) is 11.7. The van der Waals surface area contributed by atoms with Gasteiger partial charge >= 0.3 is 5.97 Å². The lowest BCUT2D eigenvalue weighted by Crippen LogP contribution is -2.43. The van der Waals surface area contributed by atoms with Gasteiger partial charge in [0.1, 0.15) is 11.5 Å². The van der Waals surface area contributed by atoms with E-state index in [0.29, 0.717) is 5.75 Å². The summed E-state index contributed by atoms with van der Waals surface area (Å²) in [5, 5.41) is 9.71. The molecule has 0 unspecified atom stereocenters. The zero-order valence-electron chi connectivity index (χ0n) is 15.5. The van der Waals surface area contributed by atoms with Gasteiger partial charge in [-0.25, -0.2) is 0 Å². The summed E-state index contributed by atoms with van der Waals surface area (Å²) in [4.78, 5) is 11.8. The highest BCUT2D eigenvalue weighted by Crippen LogP contribution is 2.50. The van der Waals surface area contributed by atoms with Crippen LogP contribution >= 0.6 is 0 Å². The van der Waals surface area contributed by atoms with Gasteiger partial charge in [-0.3, -0.25) is 4.79 Å². The summed E-state index contributed by atoms with van der Waals surface area (Å²) in [6, 6.07) is 15.3. The summed E-state index contributed by atoms with van der Waals surface area (Å²) in [6.45, 7) is 6.21. The van der Waals surface area contributed by atoms with Gasteiger partial charge in [0.25, 0.3) is 0 Å². The van der Waals surface area contributed by atoms with Gasteiger partial charge < -0.3 is 14.6 Å². The number of rotatable bonds is 6. The van der Waals surface area contributed by atoms with Crippen molar-refractivity contribution >= 4 is 5.97 Å². The van der Waals surface area contributed by atoms with Gasteiger partial charge in [0.15, 0.2) is 0 Å². The molecule has 25 heavy (non-hydrogen) atoms. The first kappa shape index (κ1) is 18.8. The van der Waals surface area contributed by atoms with E-state index in [1.807, 2.05) is 48.5 Å². The molecule has 0 fully saturated rings. The number of carboxylic acids is 1. The Morgan fingerprint density at radius 2 is 1.52 bits per heavy atom. The molecule has 0 spiro atoms. The smallest absolute Gasteiger partial charge is 0.304 e. The van der Waals surface area contributed by atoms with Crippen molar-refractivity contribution in [3.63, 3.8) is 0 Å². The van der Waals surface area contributed by atoms with Gasteiger partial charge in [0.2, 0.25) is 0 Å². The monoisotopic (exact) mass is 342 g/mol. The molecule has 0 bridgehead atoms. The molecule has 0 aromatic heterocycles. The van der Waals surface area contributed by atoms with Crippen LogP contribution in [0.3, 0.4) is 0 Å². The average molecular weight is 342 g/mol. The van der Waals surface area contributed by atoms with Crippen molar-refractivity contribution in [2.45, 2.75) is 32.6 Å². The number of ether oxygens (including phenoxy) is 2. The Labute approximate surface area is 149 Å². The van der Waals surface area contributed by atoms with Crippen LogP contribution < -0.4 is 9.47 Å². The summed E-state index contributed by atoms with van der Waals surface area (Å²) < 4.78 is 10.6. The fraction of sp³-hybridized carbons (Fsp3) is 0.381. The molecular formula is C21H26O4. The number of hydrogen-bond donors (Lipinski definition) is 1. The minimum atomic E-state index is -0.839. The molecule has 0 amide bonds. The number of benzene rings is 2. The van der Waals surface area contributed by atoms with Crippen LogP contribution in [0, 0.1) is 5.41 Å². The lowest BCUT2D eigenvalue weighted by molar-refractivity contribution is -0.139. The molecule has 4 heteroatoms. The Kier molecular flexibility index (Phi) is 5.41. The number of methoxy groups -OCH3 is 2. The van der Waals surface area contributed by atoms with Crippen LogP contribution in [0.2, 0.25) is 0 Å². The minimum absolute atomic E-state index is 0.0179. The van der Waals surface area contributed by atoms with E-state index in [2.05, 4.69) is 20.8 Å². The number of aliphatic carboxylic acids is 1. The van der Waals surface area contributed by atoms with Crippen molar-refractivity contribution in [1.82, 2.24) is 0 Å². The molecule has 0 aliphatic carbocycles. The van der Waals surface area contributed by atoms with E-state index in [9.17, 15) is 9.90 Å². The maximum atomic E-state index is 11.8. The Morgan fingerprint density at radius 1 is 0.920 bits per heavy atom. The number of carboxylic acid groups (broad SMARTS) is 1. The predicted molar refractivity (Wildman–Crippen MR) is 98.5 cm³/mol. The van der Waals surface area contributed by atoms with Crippen molar-refractivity contribution < 1.29 is 19.4 Å². The van der Waals surface area contributed by atoms with E-state index in [1.165, 1.54) is 0 Å². The summed E-state index contributed by atoms with van der Waals surface area (Å²) >= 11 is 0. The molecular weight excluding hydrogens is 316 g/mol. The van der Waals surface area contributed by atoms with Gasteiger partial charge in [-0.15, -0.1) is 0 Å². The van der Waals surface area contributed by atoms with E-state index in [-0.39, 0.29) is 11.8 Å². The van der Waals surface area contributed by atoms with Crippen LogP contribution in [0.5, 0.6) is 11.5 Å². The summed E-state index contributed by atoms with van der Waals surface area (Å²) in [7, 11) is 3.23. The third-order valence-electron chi connectivity index (χ3n) is 4.84. The van der Waals surface area contributed by atoms with Gasteiger partial charge in [-0.2, -0.15) is 0 Å². The maximum Gasteiger partial charge on any atom is 0.304 e. The third kappa shape index (κ3) is 3.63. The van der Waals surface area contributed by atoms with Gasteiger partial charge in [0, 0.05) is 5.41 Å². The summed E-state index contributed by atoms with van der Waals surface area (Å²) in [6.07, 6.45) is -0.0179. The van der Waals surface area contributed by atoms with Crippen LogP contribution in [-0.2, 0) is 10.2 Å². The Balaban J connectivity index is 2.76. The third-order valence-corrected chi connectivity index (χ3v) is 4.84. The topological polar surface area (TPSA) is 55.8 Å². The molecule has 0 radical (unpaired) electrons. The van der Waals surface area contributed by atoms with E-state index < -0.39 is 11.4 Å². The standard InChI is InChI=1S/C21H26O4/c1-20(2,3)21(14-19(22)23,15-9-11-17(24-4)12-10-15)16-7-6-8-18(13-16)25-5/h6-13H,14H2,1-5H3,(H,22,23)/t21-/m0/s1. The molecule has 4 nitrogen and oxygen atoms in total. The second-order valence-electron chi connectivity index (χ2n) is 7.19. The molecule has 0 saturated carbocycles. The lowest BCUT2D eigenvalue weighted by Gasteiger charge is -2.45. The number of hydrogen-bond acceptors (Lipinski definition) is 3. The Bertz CT molecular complexity index is 728. The molecule has 134 valence electrons. The number of carbonyl (C=O) groups is 1. The maximum absolute atomic E-state index is 11.8. The van der Waals surface area contributed by atoms with Crippen LogP contribution in [-0.4, -0.2) is 25.3 Å². The quantitative estimate of drug-likeness (QED) is 0.839.